The van der Waals surface area contributed by atoms with E-state index >= 15 is 0 Å². The van der Waals surface area contributed by atoms with Crippen molar-refractivity contribution in [3.05, 3.63) is 76.5 Å². The number of hydrogen-bond donors (Lipinski definition) is 1. The van der Waals surface area contributed by atoms with Gasteiger partial charge in [0.2, 0.25) is 5.95 Å². The van der Waals surface area contributed by atoms with Crippen molar-refractivity contribution < 1.29 is 8.78 Å². The van der Waals surface area contributed by atoms with Gasteiger partial charge in [-0.3, -0.25) is 0 Å². The summed E-state index contributed by atoms with van der Waals surface area (Å²) in [6.07, 6.45) is 0.634. The van der Waals surface area contributed by atoms with E-state index in [1.54, 1.807) is 18.2 Å². The first-order valence-corrected chi connectivity index (χ1v) is 9.36. The number of nitrogens with zero attached hydrogens (tertiary/aromatic N) is 3. The quantitative estimate of drug-likeness (QED) is 0.675. The number of benzene rings is 2. The lowest BCUT2D eigenvalue weighted by Gasteiger charge is -2.37. The summed E-state index contributed by atoms with van der Waals surface area (Å²) in [6.45, 7) is 6.70. The molecule has 0 bridgehead atoms. The van der Waals surface area contributed by atoms with Crippen LogP contribution in [0.3, 0.4) is 0 Å². The first-order valence-electron chi connectivity index (χ1n) is 9.36. The van der Waals surface area contributed by atoms with Crippen LogP contribution >= 0.6 is 0 Å². The predicted octanol–water partition coefficient (Wildman–Crippen LogP) is 5.24. The number of hydrogen-bond acceptors (Lipinski definition) is 4. The highest BCUT2D eigenvalue weighted by molar-refractivity contribution is 5.59. The summed E-state index contributed by atoms with van der Waals surface area (Å²) in [5.41, 5.74) is 4.37. The van der Waals surface area contributed by atoms with Gasteiger partial charge in [0.15, 0.2) is 0 Å². The Morgan fingerprint density at radius 1 is 1.04 bits per heavy atom. The molecule has 2 aromatic carbocycles. The van der Waals surface area contributed by atoms with Crippen molar-refractivity contribution in [2.24, 2.45) is 0 Å². The zero-order valence-electron chi connectivity index (χ0n) is 16.1. The molecule has 4 rings (SSSR count). The van der Waals surface area contributed by atoms with Gasteiger partial charge in [-0.05, 0) is 68.7 Å². The molecule has 0 saturated carbocycles. The maximum atomic E-state index is 14.2. The van der Waals surface area contributed by atoms with Crippen LogP contribution in [0.1, 0.15) is 35.3 Å². The first-order chi connectivity index (χ1) is 13.4. The first kappa shape index (κ1) is 18.3. The molecule has 1 aliphatic rings. The summed E-state index contributed by atoms with van der Waals surface area (Å²) in [4.78, 5) is 11.5. The van der Waals surface area contributed by atoms with Gasteiger partial charge >= 0.3 is 0 Å². The van der Waals surface area contributed by atoms with Crippen LogP contribution < -0.4 is 10.2 Å². The molecule has 2 heterocycles. The molecule has 6 heteroatoms. The van der Waals surface area contributed by atoms with Crippen LogP contribution in [0.25, 0.3) is 0 Å². The van der Waals surface area contributed by atoms with Crippen molar-refractivity contribution in [2.45, 2.75) is 33.2 Å². The minimum Gasteiger partial charge on any atom is -0.349 e. The molecule has 0 amide bonds. The summed E-state index contributed by atoms with van der Waals surface area (Å²) in [5.74, 6) is 0.861. The second-order valence-electron chi connectivity index (χ2n) is 7.14. The van der Waals surface area contributed by atoms with Gasteiger partial charge in [0, 0.05) is 23.5 Å². The van der Waals surface area contributed by atoms with E-state index in [0.717, 1.165) is 33.9 Å². The van der Waals surface area contributed by atoms with Crippen molar-refractivity contribution in [3.8, 4) is 0 Å². The Morgan fingerprint density at radius 2 is 1.79 bits per heavy atom. The monoisotopic (exact) mass is 380 g/mol. The lowest BCUT2D eigenvalue weighted by molar-refractivity contribution is 0.559. The zero-order chi connectivity index (χ0) is 19.8. The van der Waals surface area contributed by atoms with Gasteiger partial charge < -0.3 is 10.2 Å². The van der Waals surface area contributed by atoms with Gasteiger partial charge in [0.05, 0.1) is 6.04 Å². The Labute approximate surface area is 163 Å². The Hall–Kier alpha value is -3.02. The third kappa shape index (κ3) is 3.30. The minimum atomic E-state index is -0.291. The highest BCUT2D eigenvalue weighted by Crippen LogP contribution is 2.36. The second kappa shape index (κ2) is 7.19. The third-order valence-corrected chi connectivity index (χ3v) is 5.41. The van der Waals surface area contributed by atoms with Crippen LogP contribution in [0.4, 0.5) is 26.2 Å². The van der Waals surface area contributed by atoms with Crippen molar-refractivity contribution >= 4 is 17.5 Å². The molecule has 0 fully saturated rings. The summed E-state index contributed by atoms with van der Waals surface area (Å²) in [6, 6.07) is 11.3. The van der Waals surface area contributed by atoms with E-state index in [4.69, 9.17) is 4.98 Å². The van der Waals surface area contributed by atoms with E-state index in [0.29, 0.717) is 18.9 Å². The Morgan fingerprint density at radius 3 is 2.54 bits per heavy atom. The number of aromatic nitrogens is 2. The van der Waals surface area contributed by atoms with Crippen LogP contribution in [-0.2, 0) is 6.42 Å². The lowest BCUT2D eigenvalue weighted by atomic mass is 9.93. The lowest BCUT2D eigenvalue weighted by Crippen LogP contribution is -2.36. The molecular formula is C22H22F2N4. The topological polar surface area (TPSA) is 41.1 Å². The molecule has 28 heavy (non-hydrogen) atoms. The largest absolute Gasteiger partial charge is 0.349 e. The smallest absolute Gasteiger partial charge is 0.229 e. The average molecular weight is 380 g/mol. The number of nitrogens with one attached hydrogen (secondary N) is 1. The standard InChI is InChI=1S/C22H22F2N4/c1-13-14(2)25-22(26-17-9-7-16(23)8-10-17)27-21(13)28-12-11-19-18(15(28)3)5-4-6-20(19)24/h4-10,15H,11-12H2,1-3H3,(H,25,26,27). The molecule has 0 radical (unpaired) electrons. The van der Waals surface area contributed by atoms with E-state index in [9.17, 15) is 8.78 Å². The summed E-state index contributed by atoms with van der Waals surface area (Å²) < 4.78 is 27.3. The van der Waals surface area contributed by atoms with E-state index < -0.39 is 0 Å². The Bertz CT molecular complexity index is 1020. The molecule has 4 nitrogen and oxygen atoms in total. The maximum absolute atomic E-state index is 14.2. The summed E-state index contributed by atoms with van der Waals surface area (Å²) >= 11 is 0. The number of anilines is 3. The maximum Gasteiger partial charge on any atom is 0.229 e. The Kier molecular flexibility index (Phi) is 4.71. The van der Waals surface area contributed by atoms with Crippen LogP contribution in [0.2, 0.25) is 0 Å². The molecular weight excluding hydrogens is 358 g/mol. The number of rotatable bonds is 3. The molecule has 0 spiro atoms. The van der Waals surface area contributed by atoms with Crippen LogP contribution in [0, 0.1) is 25.5 Å². The number of fused-ring (bicyclic) bond motifs is 1. The van der Waals surface area contributed by atoms with Crippen LogP contribution in [-0.4, -0.2) is 16.5 Å². The predicted molar refractivity (Wildman–Crippen MR) is 107 cm³/mol. The molecule has 1 unspecified atom stereocenters. The van der Waals surface area contributed by atoms with E-state index in [1.165, 1.54) is 18.2 Å². The fraction of sp³-hybridized carbons (Fsp3) is 0.273. The molecule has 1 aromatic heterocycles. The second-order valence-corrected chi connectivity index (χ2v) is 7.14. The fourth-order valence-corrected chi connectivity index (χ4v) is 3.73. The van der Waals surface area contributed by atoms with Crippen LogP contribution in [0.15, 0.2) is 42.5 Å². The summed E-state index contributed by atoms with van der Waals surface area (Å²) in [5, 5.41) is 3.15. The van der Waals surface area contributed by atoms with Gasteiger partial charge in [-0.1, -0.05) is 12.1 Å². The van der Waals surface area contributed by atoms with E-state index in [1.807, 2.05) is 19.9 Å². The zero-order valence-corrected chi connectivity index (χ0v) is 16.1. The summed E-state index contributed by atoms with van der Waals surface area (Å²) in [7, 11) is 0. The van der Waals surface area contributed by atoms with Gasteiger partial charge in [-0.25, -0.2) is 13.8 Å². The van der Waals surface area contributed by atoms with E-state index in [2.05, 4.69) is 22.1 Å². The van der Waals surface area contributed by atoms with Gasteiger partial charge in [0.1, 0.15) is 17.5 Å². The van der Waals surface area contributed by atoms with Crippen LogP contribution in [0.5, 0.6) is 0 Å². The third-order valence-electron chi connectivity index (χ3n) is 5.41. The highest BCUT2D eigenvalue weighted by Gasteiger charge is 2.28. The normalized spacial score (nSPS) is 16.0. The number of aryl methyl sites for hydroxylation is 1. The minimum absolute atomic E-state index is 0.00567. The Balaban J connectivity index is 1.69. The molecule has 144 valence electrons. The SMILES string of the molecule is Cc1nc(Nc2ccc(F)cc2)nc(N2CCc3c(F)cccc3C2C)c1C. The molecule has 0 aliphatic carbocycles. The van der Waals surface area contributed by atoms with E-state index in [-0.39, 0.29) is 17.7 Å². The van der Waals surface area contributed by atoms with Gasteiger partial charge in [-0.2, -0.15) is 4.98 Å². The molecule has 0 saturated heterocycles. The average Bonchev–Trinajstić information content (AvgIpc) is 2.68. The van der Waals surface area contributed by atoms with Crippen molar-refractivity contribution in [2.75, 3.05) is 16.8 Å². The highest BCUT2D eigenvalue weighted by atomic mass is 19.1. The van der Waals surface area contributed by atoms with Crippen molar-refractivity contribution in [1.82, 2.24) is 9.97 Å². The van der Waals surface area contributed by atoms with Gasteiger partial charge in [0.25, 0.3) is 0 Å². The molecule has 3 aromatic rings. The molecule has 1 aliphatic heterocycles. The molecule has 1 atom stereocenters. The van der Waals surface area contributed by atoms with Crippen molar-refractivity contribution in [1.29, 1.82) is 0 Å². The number of halogens is 2. The fourth-order valence-electron chi connectivity index (χ4n) is 3.73. The van der Waals surface area contributed by atoms with Crippen molar-refractivity contribution in [3.63, 3.8) is 0 Å². The van der Waals surface area contributed by atoms with Gasteiger partial charge in [-0.15, -0.1) is 0 Å². The molecule has 1 N–H and O–H groups in total.